The Morgan fingerprint density at radius 2 is 0.578 bits per heavy atom. The van der Waals surface area contributed by atoms with Crippen molar-refractivity contribution in [1.82, 2.24) is 14.2 Å². The summed E-state index contributed by atoms with van der Waals surface area (Å²) in [4.78, 5) is 0.355. The Kier molecular flexibility index (Phi) is 10.4. The van der Waals surface area contributed by atoms with E-state index in [2.05, 4.69) is 14.2 Å². The summed E-state index contributed by atoms with van der Waals surface area (Å²) in [5, 5.41) is 0. The maximum atomic E-state index is 13.2. The lowest BCUT2D eigenvalue weighted by atomic mass is 9.88. The quantitative estimate of drug-likeness (QED) is 0.195. The molecule has 0 saturated carbocycles. The van der Waals surface area contributed by atoms with Crippen molar-refractivity contribution in [3.63, 3.8) is 0 Å². The number of nitrogens with one attached hydrogen (secondary N) is 3. The molecule has 4 aromatic rings. The minimum atomic E-state index is -3.87. The van der Waals surface area contributed by atoms with Crippen LogP contribution in [0.4, 0.5) is 0 Å². The van der Waals surface area contributed by atoms with E-state index in [1.807, 2.05) is 41.5 Å². The monoisotopic (exact) mass is 669 g/mol. The van der Waals surface area contributed by atoms with Gasteiger partial charge < -0.3 is 0 Å². The molecule has 0 heterocycles. The van der Waals surface area contributed by atoms with Crippen LogP contribution in [0, 0.1) is 41.5 Å². The van der Waals surface area contributed by atoms with Crippen LogP contribution in [0.5, 0.6) is 0 Å². The van der Waals surface area contributed by atoms with Crippen LogP contribution in [0.3, 0.4) is 0 Å². The summed E-state index contributed by atoms with van der Waals surface area (Å²) in [7, 11) is -11.6. The van der Waals surface area contributed by atoms with Gasteiger partial charge in [-0.05, 0) is 111 Å². The second-order valence-electron chi connectivity index (χ2n) is 11.2. The van der Waals surface area contributed by atoms with Crippen molar-refractivity contribution in [2.45, 2.75) is 75.9 Å². The maximum absolute atomic E-state index is 13.2. The first-order chi connectivity index (χ1) is 21.0. The molecule has 4 aromatic carbocycles. The lowest BCUT2D eigenvalue weighted by Gasteiger charge is -2.23. The van der Waals surface area contributed by atoms with Crippen molar-refractivity contribution in [3.8, 4) is 0 Å². The summed E-state index contributed by atoms with van der Waals surface area (Å²) in [6.45, 7) is 10.8. The van der Waals surface area contributed by atoms with Crippen LogP contribution in [-0.4, -0.2) is 25.3 Å². The molecule has 240 valence electrons. The topological polar surface area (TPSA) is 139 Å². The molecule has 0 aromatic heterocycles. The van der Waals surface area contributed by atoms with Crippen molar-refractivity contribution in [3.05, 3.63) is 123 Å². The molecular formula is C33H39N3O6S3. The van der Waals surface area contributed by atoms with E-state index >= 15 is 0 Å². The Morgan fingerprint density at radius 3 is 0.778 bits per heavy atom. The van der Waals surface area contributed by atoms with E-state index in [0.717, 1.165) is 16.7 Å². The van der Waals surface area contributed by atoms with E-state index in [1.165, 1.54) is 36.4 Å². The van der Waals surface area contributed by atoms with E-state index < -0.39 is 30.1 Å². The zero-order valence-electron chi connectivity index (χ0n) is 26.2. The first-order valence-corrected chi connectivity index (χ1v) is 18.8. The molecule has 0 fully saturated rings. The van der Waals surface area contributed by atoms with Crippen molar-refractivity contribution >= 4 is 30.1 Å². The van der Waals surface area contributed by atoms with Crippen LogP contribution in [0.15, 0.2) is 87.5 Å². The SMILES string of the molecule is Cc1ccc(S(=O)(=O)NCc2c(C)c(CNS(=O)(=O)c3ccc(C)cc3)c(C)c(CNS(=O)(=O)c3ccc(C)cc3)c2C)cc1. The average Bonchev–Trinajstić information content (AvgIpc) is 2.97. The summed E-state index contributed by atoms with van der Waals surface area (Å²) in [6, 6.07) is 19.5. The largest absolute Gasteiger partial charge is 0.240 e. The lowest BCUT2D eigenvalue weighted by Crippen LogP contribution is -2.28. The van der Waals surface area contributed by atoms with Crippen molar-refractivity contribution in [2.24, 2.45) is 0 Å². The van der Waals surface area contributed by atoms with Crippen LogP contribution in [0.1, 0.15) is 50.1 Å². The summed E-state index contributed by atoms with van der Waals surface area (Å²) in [5.74, 6) is 0. The molecule has 0 atom stereocenters. The fraction of sp³-hybridized carbons (Fsp3) is 0.273. The summed E-state index contributed by atoms with van der Waals surface area (Å²) in [5.41, 5.74) is 6.77. The molecule has 0 bridgehead atoms. The van der Waals surface area contributed by atoms with E-state index in [-0.39, 0.29) is 34.3 Å². The Balaban J connectivity index is 1.72. The fourth-order valence-corrected chi connectivity index (χ4v) is 8.08. The normalized spacial score (nSPS) is 12.4. The smallest absolute Gasteiger partial charge is 0.207 e. The van der Waals surface area contributed by atoms with Crippen molar-refractivity contribution < 1.29 is 25.3 Å². The van der Waals surface area contributed by atoms with Crippen LogP contribution >= 0.6 is 0 Å². The fourth-order valence-electron chi connectivity index (χ4n) is 5.09. The van der Waals surface area contributed by atoms with Gasteiger partial charge in [0.15, 0.2) is 0 Å². The number of hydrogen-bond donors (Lipinski definition) is 3. The van der Waals surface area contributed by atoms with Gasteiger partial charge in [-0.3, -0.25) is 0 Å². The van der Waals surface area contributed by atoms with Gasteiger partial charge in [0, 0.05) is 19.6 Å². The number of benzene rings is 4. The number of rotatable bonds is 12. The molecule has 0 saturated heterocycles. The van der Waals surface area contributed by atoms with Crippen molar-refractivity contribution in [2.75, 3.05) is 0 Å². The summed E-state index contributed by atoms with van der Waals surface area (Å²) in [6.07, 6.45) is 0. The van der Waals surface area contributed by atoms with Crippen LogP contribution in [-0.2, 0) is 49.7 Å². The van der Waals surface area contributed by atoms with Crippen molar-refractivity contribution in [1.29, 1.82) is 0 Å². The van der Waals surface area contributed by atoms with Crippen LogP contribution < -0.4 is 14.2 Å². The van der Waals surface area contributed by atoms with Gasteiger partial charge in [0.25, 0.3) is 0 Å². The minimum Gasteiger partial charge on any atom is -0.207 e. The first-order valence-electron chi connectivity index (χ1n) is 14.3. The molecule has 4 rings (SSSR count). The van der Waals surface area contributed by atoms with Gasteiger partial charge >= 0.3 is 0 Å². The Labute approximate surface area is 267 Å². The maximum Gasteiger partial charge on any atom is 0.240 e. The van der Waals surface area contributed by atoms with E-state index in [4.69, 9.17) is 0 Å². The first kappa shape index (κ1) is 34.5. The van der Waals surface area contributed by atoms with Crippen LogP contribution in [0.25, 0.3) is 0 Å². The van der Waals surface area contributed by atoms with Gasteiger partial charge in [-0.2, -0.15) is 0 Å². The highest BCUT2D eigenvalue weighted by Crippen LogP contribution is 2.29. The predicted molar refractivity (Wildman–Crippen MR) is 176 cm³/mol. The average molecular weight is 670 g/mol. The van der Waals surface area contributed by atoms with Crippen LogP contribution in [0.2, 0.25) is 0 Å². The third-order valence-corrected chi connectivity index (χ3v) is 12.3. The van der Waals surface area contributed by atoms with E-state index in [9.17, 15) is 25.3 Å². The molecule has 45 heavy (non-hydrogen) atoms. The molecule has 12 heteroatoms. The number of aryl methyl sites for hydroxylation is 3. The Hall–Kier alpha value is -3.39. The van der Waals surface area contributed by atoms with Gasteiger partial charge in [0.2, 0.25) is 30.1 Å². The summed E-state index contributed by atoms with van der Waals surface area (Å²) >= 11 is 0. The molecule has 0 unspecified atom stereocenters. The second kappa shape index (κ2) is 13.5. The van der Waals surface area contributed by atoms with E-state index in [0.29, 0.717) is 33.4 Å². The third kappa shape index (κ3) is 8.07. The number of hydrogen-bond acceptors (Lipinski definition) is 6. The summed E-state index contributed by atoms with van der Waals surface area (Å²) < 4.78 is 87.0. The van der Waals surface area contributed by atoms with E-state index in [1.54, 1.807) is 36.4 Å². The van der Waals surface area contributed by atoms with Gasteiger partial charge in [-0.25, -0.2) is 39.4 Å². The molecule has 0 amide bonds. The van der Waals surface area contributed by atoms with Gasteiger partial charge in [0.1, 0.15) is 0 Å². The number of sulfonamides is 3. The molecule has 0 spiro atoms. The molecular weight excluding hydrogens is 631 g/mol. The molecule has 0 aliphatic heterocycles. The molecule has 9 nitrogen and oxygen atoms in total. The zero-order chi connectivity index (χ0) is 33.2. The van der Waals surface area contributed by atoms with Gasteiger partial charge in [-0.1, -0.05) is 53.1 Å². The molecule has 0 radical (unpaired) electrons. The highest BCUT2D eigenvalue weighted by Gasteiger charge is 2.23. The zero-order valence-corrected chi connectivity index (χ0v) is 28.7. The second-order valence-corrected chi connectivity index (χ2v) is 16.5. The minimum absolute atomic E-state index is 0.0798. The highest BCUT2D eigenvalue weighted by atomic mass is 32.2. The molecule has 0 aliphatic rings. The van der Waals surface area contributed by atoms with Gasteiger partial charge in [-0.15, -0.1) is 0 Å². The Bertz CT molecular complexity index is 1770. The molecule has 0 aliphatic carbocycles. The molecule has 3 N–H and O–H groups in total. The Morgan fingerprint density at radius 1 is 0.378 bits per heavy atom. The van der Waals surface area contributed by atoms with Gasteiger partial charge in [0.05, 0.1) is 14.7 Å². The standard InChI is InChI=1S/C33H39N3O6S3/c1-22-7-13-28(14-8-22)43(37,38)34-19-31-25(4)32(20-35-44(39,40)29-15-9-23(2)10-16-29)27(6)33(26(31)5)21-36-45(41,42)30-17-11-24(3)12-18-30/h7-18,34-36H,19-21H2,1-6H3. The predicted octanol–water partition coefficient (Wildman–Crippen LogP) is 4.97. The highest BCUT2D eigenvalue weighted by molar-refractivity contribution is 7.90. The lowest BCUT2D eigenvalue weighted by molar-refractivity contribution is 0.580. The third-order valence-electron chi connectivity index (χ3n) is 8.03.